The summed E-state index contributed by atoms with van der Waals surface area (Å²) in [6.07, 6.45) is 1.93. The summed E-state index contributed by atoms with van der Waals surface area (Å²) in [5.41, 5.74) is 1.50. The Morgan fingerprint density at radius 1 is 1.00 bits per heavy atom. The first-order chi connectivity index (χ1) is 10.6. The van der Waals surface area contributed by atoms with Crippen molar-refractivity contribution in [3.8, 4) is 6.07 Å². The maximum absolute atomic E-state index is 11.9. The molecule has 0 bridgehead atoms. The number of thioether (sulfide) groups is 1. The Morgan fingerprint density at radius 2 is 1.64 bits per heavy atom. The van der Waals surface area contributed by atoms with Gasteiger partial charge in [-0.1, -0.05) is 6.07 Å². The molecule has 0 radical (unpaired) electrons. The number of nitrogens with one attached hydrogen (secondary N) is 2. The van der Waals surface area contributed by atoms with E-state index in [1.165, 1.54) is 0 Å². The Hall–Kier alpha value is -2.78. The predicted octanol–water partition coefficient (Wildman–Crippen LogP) is 2.86. The Bertz CT molecular complexity index is 736. The minimum absolute atomic E-state index is 0.456. The van der Waals surface area contributed by atoms with Crippen molar-refractivity contribution in [1.82, 2.24) is 0 Å². The molecule has 0 spiro atoms. The van der Waals surface area contributed by atoms with Gasteiger partial charge in [-0.15, -0.1) is 11.8 Å². The molecule has 0 aromatic heterocycles. The maximum atomic E-state index is 11.9. The van der Waals surface area contributed by atoms with Gasteiger partial charge in [0, 0.05) is 16.3 Å². The van der Waals surface area contributed by atoms with Crippen LogP contribution in [0, 0.1) is 11.3 Å². The average molecular weight is 311 g/mol. The lowest BCUT2D eigenvalue weighted by Crippen LogP contribution is -2.29. The summed E-state index contributed by atoms with van der Waals surface area (Å²) in [6, 6.07) is 15.5. The van der Waals surface area contributed by atoms with Crippen molar-refractivity contribution in [3.63, 3.8) is 0 Å². The summed E-state index contributed by atoms with van der Waals surface area (Å²) in [4.78, 5) is 24.7. The second-order valence-electron chi connectivity index (χ2n) is 4.33. The van der Waals surface area contributed by atoms with Crippen molar-refractivity contribution in [2.75, 3.05) is 16.9 Å². The fourth-order valence-electron chi connectivity index (χ4n) is 1.70. The molecule has 5 nitrogen and oxygen atoms in total. The highest BCUT2D eigenvalue weighted by atomic mass is 32.2. The zero-order chi connectivity index (χ0) is 15.9. The fraction of sp³-hybridized carbons (Fsp3) is 0.0625. The summed E-state index contributed by atoms with van der Waals surface area (Å²) in [5, 5.41) is 13.7. The molecule has 0 fully saturated rings. The van der Waals surface area contributed by atoms with E-state index in [0.29, 0.717) is 16.9 Å². The lowest BCUT2D eigenvalue weighted by molar-refractivity contribution is -0.133. The summed E-state index contributed by atoms with van der Waals surface area (Å²) in [6.45, 7) is 0. The van der Waals surface area contributed by atoms with Crippen LogP contribution < -0.4 is 10.6 Å². The van der Waals surface area contributed by atoms with Gasteiger partial charge in [0.1, 0.15) is 0 Å². The Labute approximate surface area is 132 Å². The lowest BCUT2D eigenvalue weighted by atomic mass is 10.2. The van der Waals surface area contributed by atoms with E-state index in [9.17, 15) is 9.59 Å². The number of hydrogen-bond acceptors (Lipinski definition) is 4. The van der Waals surface area contributed by atoms with Gasteiger partial charge in [0.05, 0.1) is 11.6 Å². The number of carbonyl (C=O) groups is 2. The molecule has 2 N–H and O–H groups in total. The van der Waals surface area contributed by atoms with E-state index in [4.69, 9.17) is 5.26 Å². The van der Waals surface area contributed by atoms with Gasteiger partial charge in [0.2, 0.25) is 0 Å². The molecule has 6 heteroatoms. The number of hydrogen-bond donors (Lipinski definition) is 2. The SMILES string of the molecule is CSc1cccc(NC(=O)C(=O)Nc2ccc(C#N)cc2)c1. The van der Waals surface area contributed by atoms with Gasteiger partial charge < -0.3 is 10.6 Å². The Kier molecular flexibility index (Phi) is 5.17. The molecule has 0 saturated carbocycles. The second-order valence-corrected chi connectivity index (χ2v) is 5.21. The molecule has 2 aromatic carbocycles. The molecule has 0 unspecified atom stereocenters. The number of rotatable bonds is 3. The van der Waals surface area contributed by atoms with Crippen LogP contribution in [-0.4, -0.2) is 18.1 Å². The van der Waals surface area contributed by atoms with Crippen LogP contribution in [0.15, 0.2) is 53.4 Å². The number of carbonyl (C=O) groups excluding carboxylic acids is 2. The van der Waals surface area contributed by atoms with Crippen molar-refractivity contribution in [1.29, 1.82) is 5.26 Å². The van der Waals surface area contributed by atoms with Crippen LogP contribution in [-0.2, 0) is 9.59 Å². The van der Waals surface area contributed by atoms with Crippen molar-refractivity contribution in [2.24, 2.45) is 0 Å². The molecule has 0 heterocycles. The van der Waals surface area contributed by atoms with Crippen LogP contribution in [0.5, 0.6) is 0 Å². The quantitative estimate of drug-likeness (QED) is 0.674. The molecule has 22 heavy (non-hydrogen) atoms. The van der Waals surface area contributed by atoms with Crippen molar-refractivity contribution in [2.45, 2.75) is 4.90 Å². The van der Waals surface area contributed by atoms with E-state index in [-0.39, 0.29) is 0 Å². The standard InChI is InChI=1S/C16H13N3O2S/c1-22-14-4-2-3-13(9-14)19-16(21)15(20)18-12-7-5-11(10-17)6-8-12/h2-9H,1H3,(H,18,20)(H,19,21). The van der Waals surface area contributed by atoms with Gasteiger partial charge in [0.25, 0.3) is 0 Å². The molecule has 0 aliphatic carbocycles. The van der Waals surface area contributed by atoms with Gasteiger partial charge in [-0.25, -0.2) is 0 Å². The molecule has 0 aliphatic rings. The molecular formula is C16H13N3O2S. The normalized spacial score (nSPS) is 9.64. The molecular weight excluding hydrogens is 298 g/mol. The van der Waals surface area contributed by atoms with Gasteiger partial charge in [-0.3, -0.25) is 9.59 Å². The van der Waals surface area contributed by atoms with Gasteiger partial charge in [-0.2, -0.15) is 5.26 Å². The Balaban J connectivity index is 1.99. The Morgan fingerprint density at radius 3 is 2.23 bits per heavy atom. The maximum Gasteiger partial charge on any atom is 0.314 e. The molecule has 0 atom stereocenters. The van der Waals surface area contributed by atoms with E-state index in [0.717, 1.165) is 4.90 Å². The molecule has 2 aromatic rings. The zero-order valence-corrected chi connectivity index (χ0v) is 12.6. The largest absolute Gasteiger partial charge is 0.318 e. The van der Waals surface area contributed by atoms with Crippen LogP contribution >= 0.6 is 11.8 Å². The first-order valence-electron chi connectivity index (χ1n) is 6.39. The number of amides is 2. The van der Waals surface area contributed by atoms with E-state index in [2.05, 4.69) is 10.6 Å². The van der Waals surface area contributed by atoms with Crippen molar-refractivity contribution in [3.05, 3.63) is 54.1 Å². The smallest absolute Gasteiger partial charge is 0.314 e. The summed E-state index contributed by atoms with van der Waals surface area (Å²) in [5.74, 6) is -1.51. The fourth-order valence-corrected chi connectivity index (χ4v) is 2.16. The van der Waals surface area contributed by atoms with Crippen LogP contribution in [0.25, 0.3) is 0 Å². The number of nitriles is 1. The molecule has 0 aliphatic heterocycles. The first kappa shape index (κ1) is 15.6. The second kappa shape index (κ2) is 7.29. The third kappa shape index (κ3) is 4.11. The van der Waals surface area contributed by atoms with Crippen molar-refractivity contribution >= 4 is 35.0 Å². The topological polar surface area (TPSA) is 82.0 Å². The molecule has 2 amide bonds. The molecule has 110 valence electrons. The van der Waals surface area contributed by atoms with E-state index < -0.39 is 11.8 Å². The highest BCUT2D eigenvalue weighted by Gasteiger charge is 2.14. The van der Waals surface area contributed by atoms with Crippen LogP contribution in [0.2, 0.25) is 0 Å². The highest BCUT2D eigenvalue weighted by Crippen LogP contribution is 2.19. The highest BCUT2D eigenvalue weighted by molar-refractivity contribution is 7.98. The van der Waals surface area contributed by atoms with Crippen molar-refractivity contribution < 1.29 is 9.59 Å². The third-order valence-corrected chi connectivity index (χ3v) is 3.53. The van der Waals surface area contributed by atoms with Gasteiger partial charge >= 0.3 is 11.8 Å². The number of nitrogens with zero attached hydrogens (tertiary/aromatic N) is 1. The lowest BCUT2D eigenvalue weighted by Gasteiger charge is -2.07. The number of anilines is 2. The number of benzene rings is 2. The average Bonchev–Trinajstić information content (AvgIpc) is 2.55. The summed E-state index contributed by atoms with van der Waals surface area (Å²) >= 11 is 1.55. The molecule has 2 rings (SSSR count). The third-order valence-electron chi connectivity index (χ3n) is 2.81. The summed E-state index contributed by atoms with van der Waals surface area (Å²) in [7, 11) is 0. The van der Waals surface area contributed by atoms with E-state index >= 15 is 0 Å². The zero-order valence-electron chi connectivity index (χ0n) is 11.8. The molecule has 0 saturated heterocycles. The monoisotopic (exact) mass is 311 g/mol. The van der Waals surface area contributed by atoms with E-state index in [1.54, 1.807) is 54.2 Å². The predicted molar refractivity (Wildman–Crippen MR) is 86.6 cm³/mol. The van der Waals surface area contributed by atoms with Gasteiger partial charge in [0.15, 0.2) is 0 Å². The first-order valence-corrected chi connectivity index (χ1v) is 7.61. The van der Waals surface area contributed by atoms with Gasteiger partial charge in [-0.05, 0) is 48.7 Å². The van der Waals surface area contributed by atoms with Crippen LogP contribution in [0.1, 0.15) is 5.56 Å². The van der Waals surface area contributed by atoms with Crippen LogP contribution in [0.4, 0.5) is 11.4 Å². The minimum atomic E-state index is -0.765. The summed E-state index contributed by atoms with van der Waals surface area (Å²) < 4.78 is 0. The minimum Gasteiger partial charge on any atom is -0.318 e. The van der Waals surface area contributed by atoms with Crippen LogP contribution in [0.3, 0.4) is 0 Å². The van der Waals surface area contributed by atoms with E-state index in [1.807, 2.05) is 18.4 Å².